The van der Waals surface area contributed by atoms with Crippen LogP contribution in [0.25, 0.3) is 0 Å². The highest BCUT2D eigenvalue weighted by Gasteiger charge is 2.37. The molecule has 35 heavy (non-hydrogen) atoms. The third kappa shape index (κ3) is 7.11. The van der Waals surface area contributed by atoms with Crippen molar-refractivity contribution in [3.8, 4) is 0 Å². The number of hydrogen-bond donors (Lipinski definition) is 2. The van der Waals surface area contributed by atoms with Crippen LogP contribution < -0.4 is 10.6 Å². The van der Waals surface area contributed by atoms with Crippen LogP contribution in [0.5, 0.6) is 0 Å². The maximum Gasteiger partial charge on any atom is 0.251 e. The summed E-state index contributed by atoms with van der Waals surface area (Å²) in [4.78, 5) is 27.4. The van der Waals surface area contributed by atoms with Crippen molar-refractivity contribution in [2.75, 3.05) is 31.1 Å². The molecule has 2 aromatic rings. The molecule has 1 heterocycles. The Morgan fingerprint density at radius 2 is 1.69 bits per heavy atom. The third-order valence-electron chi connectivity index (χ3n) is 6.71. The first-order chi connectivity index (χ1) is 16.8. The number of sulfone groups is 1. The molecule has 188 valence electrons. The van der Waals surface area contributed by atoms with Crippen LogP contribution in [0.2, 0.25) is 0 Å². The predicted octanol–water partition coefficient (Wildman–Crippen LogP) is 2.50. The van der Waals surface area contributed by atoms with Crippen molar-refractivity contribution in [1.82, 2.24) is 15.5 Å². The molecule has 3 unspecified atom stereocenters. The number of hydrogen-bond acceptors (Lipinski definition) is 5. The number of carbonyl (C=O) groups is 2. The molecular formula is C26H32FN3O4S. The zero-order valence-corrected chi connectivity index (χ0v) is 20.5. The van der Waals surface area contributed by atoms with Crippen LogP contribution >= 0.6 is 0 Å². The molecule has 4 rings (SSSR count). The van der Waals surface area contributed by atoms with E-state index in [-0.39, 0.29) is 42.2 Å². The van der Waals surface area contributed by atoms with Gasteiger partial charge in [-0.1, -0.05) is 30.3 Å². The minimum absolute atomic E-state index is 0.0430. The topological polar surface area (TPSA) is 95.6 Å². The number of benzene rings is 2. The van der Waals surface area contributed by atoms with Crippen LogP contribution in [-0.4, -0.2) is 68.4 Å². The van der Waals surface area contributed by atoms with E-state index in [2.05, 4.69) is 10.6 Å². The van der Waals surface area contributed by atoms with Crippen molar-refractivity contribution >= 4 is 21.7 Å². The third-order valence-corrected chi connectivity index (χ3v) is 8.32. The second-order valence-corrected chi connectivity index (χ2v) is 11.6. The number of carbonyl (C=O) groups excluding carboxylic acids is 2. The van der Waals surface area contributed by atoms with E-state index in [0.29, 0.717) is 23.9 Å². The van der Waals surface area contributed by atoms with Crippen molar-refractivity contribution in [2.24, 2.45) is 0 Å². The molecule has 1 aliphatic carbocycles. The van der Waals surface area contributed by atoms with Crippen molar-refractivity contribution in [1.29, 1.82) is 0 Å². The van der Waals surface area contributed by atoms with Gasteiger partial charge in [-0.25, -0.2) is 12.8 Å². The number of nitrogens with one attached hydrogen (secondary N) is 2. The maximum absolute atomic E-state index is 13.2. The Hall–Kier alpha value is -2.78. The van der Waals surface area contributed by atoms with Gasteiger partial charge in [0.25, 0.3) is 5.91 Å². The van der Waals surface area contributed by atoms with E-state index < -0.39 is 15.9 Å². The molecular weight excluding hydrogens is 469 g/mol. The van der Waals surface area contributed by atoms with Crippen LogP contribution in [0.4, 0.5) is 4.39 Å². The molecule has 0 bridgehead atoms. The Morgan fingerprint density at radius 1 is 1.00 bits per heavy atom. The largest absolute Gasteiger partial charge is 0.340 e. The van der Waals surface area contributed by atoms with Gasteiger partial charge in [-0.15, -0.1) is 0 Å². The molecule has 7 nitrogen and oxygen atoms in total. The molecule has 0 aromatic heterocycles. The van der Waals surface area contributed by atoms with Crippen molar-refractivity contribution in [3.05, 3.63) is 71.5 Å². The number of unbranched alkanes of at least 4 members (excludes halogenated alkanes) is 1. The van der Waals surface area contributed by atoms with E-state index in [9.17, 15) is 22.4 Å². The summed E-state index contributed by atoms with van der Waals surface area (Å²) in [6, 6.07) is 15.1. The monoisotopic (exact) mass is 501 g/mol. The average molecular weight is 502 g/mol. The van der Waals surface area contributed by atoms with Gasteiger partial charge in [0.1, 0.15) is 11.9 Å². The van der Waals surface area contributed by atoms with Crippen molar-refractivity contribution in [2.45, 2.75) is 43.7 Å². The van der Waals surface area contributed by atoms with E-state index in [4.69, 9.17) is 0 Å². The molecule has 9 heteroatoms. The molecule has 1 saturated heterocycles. The fourth-order valence-electron chi connectivity index (χ4n) is 4.50. The minimum Gasteiger partial charge on any atom is -0.340 e. The molecule has 3 atom stereocenters. The van der Waals surface area contributed by atoms with Crippen LogP contribution in [0.15, 0.2) is 54.6 Å². The van der Waals surface area contributed by atoms with E-state index in [1.807, 2.05) is 18.2 Å². The zero-order chi connectivity index (χ0) is 24.8. The second-order valence-electron chi connectivity index (χ2n) is 9.32. The van der Waals surface area contributed by atoms with E-state index >= 15 is 0 Å². The highest BCUT2D eigenvalue weighted by Crippen LogP contribution is 2.40. The molecule has 0 radical (unpaired) electrons. The van der Waals surface area contributed by atoms with Gasteiger partial charge in [0.05, 0.1) is 11.5 Å². The fourth-order valence-corrected chi connectivity index (χ4v) is 5.70. The van der Waals surface area contributed by atoms with Crippen LogP contribution in [0.3, 0.4) is 0 Å². The van der Waals surface area contributed by atoms with Crippen LogP contribution in [0, 0.1) is 5.82 Å². The molecule has 2 N–H and O–H groups in total. The van der Waals surface area contributed by atoms with Crippen LogP contribution in [-0.2, 0) is 14.6 Å². The summed E-state index contributed by atoms with van der Waals surface area (Å²) < 4.78 is 36.6. The smallest absolute Gasteiger partial charge is 0.251 e. The summed E-state index contributed by atoms with van der Waals surface area (Å²) in [6.45, 7) is 1.11. The molecule has 2 aromatic carbocycles. The molecule has 0 spiro atoms. The summed E-state index contributed by atoms with van der Waals surface area (Å²) in [7, 11) is -3.10. The Balaban J connectivity index is 1.26. The van der Waals surface area contributed by atoms with Crippen molar-refractivity contribution < 1.29 is 22.4 Å². The fraction of sp³-hybridized carbons (Fsp3) is 0.462. The van der Waals surface area contributed by atoms with E-state index in [1.54, 1.807) is 29.2 Å². The minimum atomic E-state index is -3.10. The van der Waals surface area contributed by atoms with Crippen molar-refractivity contribution in [3.63, 3.8) is 0 Å². The SMILES string of the molecule is O=C(NC(CCCCNC1CC1c1ccc(F)cc1)C(=O)N1CCS(=O)(=O)CC1)c1ccccc1. The summed E-state index contributed by atoms with van der Waals surface area (Å²) in [5.74, 6) is -0.446. The highest BCUT2D eigenvalue weighted by atomic mass is 32.2. The second kappa shape index (κ2) is 11.3. The van der Waals surface area contributed by atoms with Crippen LogP contribution in [0.1, 0.15) is 47.5 Å². The summed E-state index contributed by atoms with van der Waals surface area (Å²) in [6.07, 6.45) is 3.08. The molecule has 1 aliphatic heterocycles. The van der Waals surface area contributed by atoms with Gasteiger partial charge in [0.2, 0.25) is 5.91 Å². The van der Waals surface area contributed by atoms with Gasteiger partial charge in [0, 0.05) is 30.6 Å². The summed E-state index contributed by atoms with van der Waals surface area (Å²) >= 11 is 0. The number of nitrogens with zero attached hydrogens (tertiary/aromatic N) is 1. The van der Waals surface area contributed by atoms with Gasteiger partial charge >= 0.3 is 0 Å². The quantitative estimate of drug-likeness (QED) is 0.488. The number of amides is 2. The lowest BCUT2D eigenvalue weighted by Gasteiger charge is -2.30. The van der Waals surface area contributed by atoms with E-state index in [0.717, 1.165) is 31.4 Å². The average Bonchev–Trinajstić information content (AvgIpc) is 3.63. The standard InChI is InChI=1S/C26H32FN3O4S/c27-21-11-9-19(10-12-21)22-18-24(22)28-13-5-4-8-23(29-25(31)20-6-2-1-3-7-20)26(32)30-14-16-35(33,34)17-15-30/h1-3,6-7,9-12,22-24,28H,4-5,8,13-18H2,(H,29,31). The lowest BCUT2D eigenvalue weighted by atomic mass is 10.1. The Labute approximate surface area is 206 Å². The van der Waals surface area contributed by atoms with Gasteiger partial charge in [-0.3, -0.25) is 9.59 Å². The van der Waals surface area contributed by atoms with E-state index in [1.165, 1.54) is 12.1 Å². The number of halogens is 1. The summed E-state index contributed by atoms with van der Waals surface area (Å²) in [5, 5.41) is 6.38. The van der Waals surface area contributed by atoms with Gasteiger partial charge < -0.3 is 15.5 Å². The molecule has 2 fully saturated rings. The first-order valence-corrected chi connectivity index (χ1v) is 14.0. The first-order valence-electron chi connectivity index (χ1n) is 12.2. The van der Waals surface area contributed by atoms with Gasteiger partial charge in [-0.2, -0.15) is 0 Å². The Bertz CT molecular complexity index is 1110. The first kappa shape index (κ1) is 25.3. The molecule has 2 amide bonds. The highest BCUT2D eigenvalue weighted by molar-refractivity contribution is 7.91. The Kier molecular flexibility index (Phi) is 8.18. The maximum atomic E-state index is 13.2. The zero-order valence-electron chi connectivity index (χ0n) is 19.7. The normalized spacial score (nSPS) is 21.8. The molecule has 2 aliphatic rings. The lowest BCUT2D eigenvalue weighted by Crippen LogP contribution is -2.52. The summed E-state index contributed by atoms with van der Waals surface area (Å²) in [5.41, 5.74) is 1.62. The lowest BCUT2D eigenvalue weighted by molar-refractivity contribution is -0.133. The number of rotatable bonds is 10. The molecule has 1 saturated carbocycles. The van der Waals surface area contributed by atoms with Gasteiger partial charge in [0.15, 0.2) is 9.84 Å². The predicted molar refractivity (Wildman–Crippen MR) is 132 cm³/mol. The van der Waals surface area contributed by atoms with Gasteiger partial charge in [-0.05, 0) is 62.1 Å². The Morgan fingerprint density at radius 3 is 2.37 bits per heavy atom.